The van der Waals surface area contributed by atoms with E-state index in [-0.39, 0.29) is 5.91 Å². The molecule has 0 radical (unpaired) electrons. The molecule has 1 N–H and O–H groups in total. The van der Waals surface area contributed by atoms with Crippen LogP contribution in [-0.2, 0) is 11.3 Å². The lowest BCUT2D eigenvalue weighted by Gasteiger charge is -2.34. The summed E-state index contributed by atoms with van der Waals surface area (Å²) < 4.78 is 0. The van der Waals surface area contributed by atoms with Crippen molar-refractivity contribution in [3.63, 3.8) is 0 Å². The number of benzene rings is 1. The molecule has 122 valence electrons. The Balaban J connectivity index is 1.75. The van der Waals surface area contributed by atoms with Gasteiger partial charge in [0.25, 0.3) is 0 Å². The van der Waals surface area contributed by atoms with Crippen LogP contribution in [0.2, 0.25) is 5.02 Å². The quantitative estimate of drug-likeness (QED) is 0.931. The van der Waals surface area contributed by atoms with E-state index in [9.17, 15) is 4.79 Å². The molecule has 0 saturated carbocycles. The number of aliphatic hydroxyl groups is 1. The second kappa shape index (κ2) is 6.83. The minimum absolute atomic E-state index is 0.206. The minimum atomic E-state index is -0.419. The zero-order chi connectivity index (χ0) is 16.4. The molecule has 2 aromatic rings. The van der Waals surface area contributed by atoms with Crippen LogP contribution in [0.3, 0.4) is 0 Å². The summed E-state index contributed by atoms with van der Waals surface area (Å²) in [6.45, 7) is 5.05. The van der Waals surface area contributed by atoms with E-state index < -0.39 is 6.61 Å². The molecule has 0 bridgehead atoms. The number of pyridine rings is 1. The highest BCUT2D eigenvalue weighted by molar-refractivity contribution is 6.32. The fraction of sp³-hybridized carbons (Fsp3) is 0.412. The average Bonchev–Trinajstić information content (AvgIpc) is 2.59. The first-order chi connectivity index (χ1) is 11.1. The summed E-state index contributed by atoms with van der Waals surface area (Å²) in [5.41, 5.74) is 2.89. The molecule has 1 amide bonds. The topological polar surface area (TPSA) is 56.7 Å². The molecule has 0 atom stereocenters. The molecule has 1 aliphatic rings. The lowest BCUT2D eigenvalue weighted by atomic mass is 10.1. The average molecular weight is 334 g/mol. The first-order valence-electron chi connectivity index (χ1n) is 7.75. The lowest BCUT2D eigenvalue weighted by molar-refractivity contribution is -0.136. The van der Waals surface area contributed by atoms with Crippen LogP contribution in [-0.4, -0.2) is 58.6 Å². The van der Waals surface area contributed by atoms with Gasteiger partial charge in [0.1, 0.15) is 6.61 Å². The van der Waals surface area contributed by atoms with Gasteiger partial charge in [0.15, 0.2) is 0 Å². The molecule has 5 nitrogen and oxygen atoms in total. The first-order valence-corrected chi connectivity index (χ1v) is 8.12. The van der Waals surface area contributed by atoms with Gasteiger partial charge >= 0.3 is 0 Å². The SMILES string of the molecule is Cc1c(Cl)c(CN2CCN(C(=O)CO)CC2)nc2ccccc12. The summed E-state index contributed by atoms with van der Waals surface area (Å²) in [6.07, 6.45) is 0. The van der Waals surface area contributed by atoms with E-state index in [2.05, 4.69) is 4.90 Å². The van der Waals surface area contributed by atoms with Gasteiger partial charge in [-0.3, -0.25) is 9.69 Å². The number of amides is 1. The second-order valence-corrected chi connectivity index (χ2v) is 6.21. The minimum Gasteiger partial charge on any atom is -0.387 e. The van der Waals surface area contributed by atoms with Crippen molar-refractivity contribution < 1.29 is 9.90 Å². The lowest BCUT2D eigenvalue weighted by Crippen LogP contribution is -2.49. The molecule has 0 unspecified atom stereocenters. The van der Waals surface area contributed by atoms with E-state index in [0.717, 1.165) is 40.3 Å². The standard InChI is InChI=1S/C17H20ClN3O2/c1-12-13-4-2-3-5-14(13)19-15(17(12)18)10-20-6-8-21(9-7-20)16(23)11-22/h2-5,22H,6-11H2,1H3. The van der Waals surface area contributed by atoms with Crippen molar-refractivity contribution in [2.24, 2.45) is 0 Å². The number of carbonyl (C=O) groups is 1. The highest BCUT2D eigenvalue weighted by Crippen LogP contribution is 2.27. The zero-order valence-electron chi connectivity index (χ0n) is 13.1. The van der Waals surface area contributed by atoms with Gasteiger partial charge in [-0.25, -0.2) is 4.98 Å². The van der Waals surface area contributed by atoms with Gasteiger partial charge in [-0.15, -0.1) is 0 Å². The molecule has 1 saturated heterocycles. The number of rotatable bonds is 3. The molecule has 3 rings (SSSR count). The van der Waals surface area contributed by atoms with Crippen LogP contribution in [0.4, 0.5) is 0 Å². The Morgan fingerprint density at radius 3 is 2.65 bits per heavy atom. The maximum atomic E-state index is 11.5. The van der Waals surface area contributed by atoms with Gasteiger partial charge in [0, 0.05) is 38.1 Å². The summed E-state index contributed by atoms with van der Waals surface area (Å²) in [5.74, 6) is -0.206. The smallest absolute Gasteiger partial charge is 0.248 e. The number of para-hydroxylation sites is 1. The molecule has 6 heteroatoms. The number of aromatic nitrogens is 1. The Morgan fingerprint density at radius 1 is 1.26 bits per heavy atom. The van der Waals surface area contributed by atoms with E-state index in [1.54, 1.807) is 4.90 Å². The number of halogens is 1. The predicted octanol–water partition coefficient (Wildman–Crippen LogP) is 1.83. The van der Waals surface area contributed by atoms with Gasteiger partial charge in [0.2, 0.25) is 5.91 Å². The third-order valence-corrected chi connectivity index (χ3v) is 4.88. The third kappa shape index (κ3) is 3.32. The van der Waals surface area contributed by atoms with Crippen molar-refractivity contribution in [1.82, 2.24) is 14.8 Å². The Kier molecular flexibility index (Phi) is 4.80. The van der Waals surface area contributed by atoms with E-state index >= 15 is 0 Å². The van der Waals surface area contributed by atoms with Crippen molar-refractivity contribution in [2.45, 2.75) is 13.5 Å². The van der Waals surface area contributed by atoms with Crippen LogP contribution in [0.15, 0.2) is 24.3 Å². The fourth-order valence-electron chi connectivity index (χ4n) is 2.99. The molecule has 1 aliphatic heterocycles. The van der Waals surface area contributed by atoms with Crippen LogP contribution < -0.4 is 0 Å². The van der Waals surface area contributed by atoms with Crippen LogP contribution >= 0.6 is 11.6 Å². The Morgan fingerprint density at radius 2 is 1.96 bits per heavy atom. The maximum absolute atomic E-state index is 11.5. The summed E-state index contributed by atoms with van der Waals surface area (Å²) in [7, 11) is 0. The van der Waals surface area contributed by atoms with Gasteiger partial charge in [0.05, 0.1) is 16.2 Å². The molecular weight excluding hydrogens is 314 g/mol. The van der Waals surface area contributed by atoms with Gasteiger partial charge in [-0.1, -0.05) is 29.8 Å². The number of aryl methyl sites for hydroxylation is 1. The number of carbonyl (C=O) groups excluding carboxylic acids is 1. The monoisotopic (exact) mass is 333 g/mol. The number of nitrogens with zero attached hydrogens (tertiary/aromatic N) is 3. The fourth-order valence-corrected chi connectivity index (χ4v) is 3.19. The van der Waals surface area contributed by atoms with Crippen molar-refractivity contribution in [3.05, 3.63) is 40.5 Å². The van der Waals surface area contributed by atoms with E-state index in [0.29, 0.717) is 19.6 Å². The molecular formula is C17H20ClN3O2. The number of piperazine rings is 1. The van der Waals surface area contributed by atoms with E-state index in [1.165, 1.54) is 0 Å². The second-order valence-electron chi connectivity index (χ2n) is 5.83. The van der Waals surface area contributed by atoms with Crippen LogP contribution in [0, 0.1) is 6.92 Å². The summed E-state index contributed by atoms with van der Waals surface area (Å²) in [5, 5.41) is 10.7. The first kappa shape index (κ1) is 16.2. The normalized spacial score (nSPS) is 16.0. The van der Waals surface area contributed by atoms with Crippen molar-refractivity contribution in [3.8, 4) is 0 Å². The predicted molar refractivity (Wildman–Crippen MR) is 90.4 cm³/mol. The molecule has 2 heterocycles. The summed E-state index contributed by atoms with van der Waals surface area (Å²) >= 11 is 6.51. The van der Waals surface area contributed by atoms with E-state index in [1.807, 2.05) is 31.2 Å². The van der Waals surface area contributed by atoms with E-state index in [4.69, 9.17) is 21.7 Å². The molecule has 23 heavy (non-hydrogen) atoms. The van der Waals surface area contributed by atoms with Crippen LogP contribution in [0.5, 0.6) is 0 Å². The van der Waals surface area contributed by atoms with Gasteiger partial charge in [-0.05, 0) is 18.6 Å². The highest BCUT2D eigenvalue weighted by Gasteiger charge is 2.22. The number of hydrogen-bond donors (Lipinski definition) is 1. The zero-order valence-corrected chi connectivity index (χ0v) is 13.9. The maximum Gasteiger partial charge on any atom is 0.248 e. The summed E-state index contributed by atoms with van der Waals surface area (Å²) in [4.78, 5) is 20.1. The molecule has 1 aromatic heterocycles. The third-order valence-electron chi connectivity index (χ3n) is 4.38. The summed E-state index contributed by atoms with van der Waals surface area (Å²) in [6, 6.07) is 8.00. The Bertz CT molecular complexity index is 727. The largest absolute Gasteiger partial charge is 0.387 e. The van der Waals surface area contributed by atoms with Crippen LogP contribution in [0.1, 0.15) is 11.3 Å². The van der Waals surface area contributed by atoms with Gasteiger partial charge in [-0.2, -0.15) is 0 Å². The number of aliphatic hydroxyl groups excluding tert-OH is 1. The van der Waals surface area contributed by atoms with Crippen molar-refractivity contribution in [1.29, 1.82) is 0 Å². The van der Waals surface area contributed by atoms with Crippen LogP contribution in [0.25, 0.3) is 10.9 Å². The molecule has 0 spiro atoms. The highest BCUT2D eigenvalue weighted by atomic mass is 35.5. The molecule has 1 fully saturated rings. The van der Waals surface area contributed by atoms with Crippen molar-refractivity contribution >= 4 is 28.4 Å². The number of hydrogen-bond acceptors (Lipinski definition) is 4. The molecule has 0 aliphatic carbocycles. The molecule has 1 aromatic carbocycles. The Labute approximate surface area is 140 Å². The number of fused-ring (bicyclic) bond motifs is 1. The Hall–Kier alpha value is -1.69. The van der Waals surface area contributed by atoms with Crippen molar-refractivity contribution in [2.75, 3.05) is 32.8 Å². The van der Waals surface area contributed by atoms with Gasteiger partial charge < -0.3 is 10.0 Å².